The molecule has 0 saturated carbocycles. The molecule has 7 heteroatoms. The first-order valence-corrected chi connectivity index (χ1v) is 11.4. The van der Waals surface area contributed by atoms with Crippen molar-refractivity contribution in [1.29, 1.82) is 0 Å². The van der Waals surface area contributed by atoms with Gasteiger partial charge in [0.15, 0.2) is 0 Å². The van der Waals surface area contributed by atoms with Crippen LogP contribution in [0.5, 0.6) is 5.75 Å². The van der Waals surface area contributed by atoms with Gasteiger partial charge in [-0.3, -0.25) is 0 Å². The third-order valence-corrected chi connectivity index (χ3v) is 6.96. The van der Waals surface area contributed by atoms with E-state index in [4.69, 9.17) is 16.3 Å². The average Bonchev–Trinajstić information content (AvgIpc) is 2.68. The third-order valence-electron chi connectivity index (χ3n) is 5.16. The molecular formula is C21H27ClN2O3S. The van der Waals surface area contributed by atoms with Gasteiger partial charge < -0.3 is 9.64 Å². The first-order chi connectivity index (χ1) is 13.3. The summed E-state index contributed by atoms with van der Waals surface area (Å²) in [5, 5.41) is 0.342. The Hall–Kier alpha value is -1.76. The van der Waals surface area contributed by atoms with Crippen LogP contribution in [0.3, 0.4) is 0 Å². The van der Waals surface area contributed by atoms with Crippen LogP contribution < -0.4 is 14.4 Å². The minimum atomic E-state index is -3.78. The second kappa shape index (κ2) is 8.72. The summed E-state index contributed by atoms with van der Waals surface area (Å²) in [7, 11) is -2.34. The van der Waals surface area contributed by atoms with Crippen LogP contribution in [-0.2, 0) is 10.0 Å². The largest absolute Gasteiger partial charge is 0.495 e. The summed E-state index contributed by atoms with van der Waals surface area (Å²) in [5.74, 6) is 0.963. The zero-order chi connectivity index (χ0) is 20.3. The molecule has 2 atom stereocenters. The Bertz CT molecular complexity index is 916. The van der Waals surface area contributed by atoms with E-state index in [1.807, 2.05) is 19.1 Å². The number of hydrogen-bond acceptors (Lipinski definition) is 4. The molecule has 1 fully saturated rings. The highest BCUT2D eigenvalue weighted by Gasteiger charge is 2.23. The summed E-state index contributed by atoms with van der Waals surface area (Å²) < 4.78 is 33.6. The lowest BCUT2D eigenvalue weighted by Gasteiger charge is -2.33. The van der Waals surface area contributed by atoms with Gasteiger partial charge in [-0.2, -0.15) is 0 Å². The highest BCUT2D eigenvalue weighted by atomic mass is 35.5. The lowest BCUT2D eigenvalue weighted by Crippen LogP contribution is -2.34. The van der Waals surface area contributed by atoms with Gasteiger partial charge in [0.25, 0.3) is 0 Å². The number of nitrogens with one attached hydrogen (secondary N) is 1. The SMILES string of the molecule is COc1ccc(Cl)cc1S(=O)(=O)N[C@@H](C)c1ccc(N2CCC[C@@H](C)C2)cc1. The Morgan fingerprint density at radius 2 is 1.93 bits per heavy atom. The lowest BCUT2D eigenvalue weighted by molar-refractivity contribution is 0.402. The maximum Gasteiger partial charge on any atom is 0.244 e. The van der Waals surface area contributed by atoms with Crippen molar-refractivity contribution in [2.75, 3.05) is 25.1 Å². The minimum absolute atomic E-state index is 0.0354. The predicted molar refractivity (Wildman–Crippen MR) is 114 cm³/mol. The second-order valence-electron chi connectivity index (χ2n) is 7.42. The van der Waals surface area contributed by atoms with E-state index in [0.717, 1.165) is 18.7 Å². The zero-order valence-electron chi connectivity index (χ0n) is 16.5. The average molecular weight is 423 g/mol. The van der Waals surface area contributed by atoms with Crippen molar-refractivity contribution in [3.63, 3.8) is 0 Å². The lowest BCUT2D eigenvalue weighted by atomic mass is 9.99. The molecule has 3 rings (SSSR count). The highest BCUT2D eigenvalue weighted by molar-refractivity contribution is 7.89. The molecule has 5 nitrogen and oxygen atoms in total. The molecule has 1 aliphatic heterocycles. The molecule has 0 bridgehead atoms. The fourth-order valence-corrected chi connectivity index (χ4v) is 5.29. The Morgan fingerprint density at radius 1 is 1.21 bits per heavy atom. The third kappa shape index (κ3) is 4.80. The Morgan fingerprint density at radius 3 is 2.57 bits per heavy atom. The van der Waals surface area contributed by atoms with Gasteiger partial charge in [0, 0.05) is 29.8 Å². The van der Waals surface area contributed by atoms with Crippen LogP contribution in [0, 0.1) is 5.92 Å². The molecule has 28 heavy (non-hydrogen) atoms. The normalized spacial score (nSPS) is 18.7. The number of anilines is 1. The van der Waals surface area contributed by atoms with Gasteiger partial charge in [0.1, 0.15) is 10.6 Å². The van der Waals surface area contributed by atoms with Crippen LogP contribution in [0.2, 0.25) is 5.02 Å². The van der Waals surface area contributed by atoms with Crippen molar-refractivity contribution in [3.05, 3.63) is 53.1 Å². The quantitative estimate of drug-likeness (QED) is 0.737. The van der Waals surface area contributed by atoms with Crippen molar-refractivity contribution in [3.8, 4) is 5.75 Å². The van der Waals surface area contributed by atoms with Crippen molar-refractivity contribution in [2.45, 2.75) is 37.6 Å². The van der Waals surface area contributed by atoms with Crippen LogP contribution in [0.25, 0.3) is 0 Å². The van der Waals surface area contributed by atoms with E-state index in [1.165, 1.54) is 31.7 Å². The van der Waals surface area contributed by atoms with Crippen LogP contribution in [-0.4, -0.2) is 28.6 Å². The van der Waals surface area contributed by atoms with E-state index in [2.05, 4.69) is 28.7 Å². The van der Waals surface area contributed by atoms with E-state index in [-0.39, 0.29) is 16.7 Å². The molecule has 2 aromatic carbocycles. The number of ether oxygens (including phenoxy) is 1. The summed E-state index contributed by atoms with van der Waals surface area (Å²) in [6.07, 6.45) is 2.49. The number of hydrogen-bond donors (Lipinski definition) is 1. The highest BCUT2D eigenvalue weighted by Crippen LogP contribution is 2.29. The van der Waals surface area contributed by atoms with Crippen molar-refractivity contribution < 1.29 is 13.2 Å². The van der Waals surface area contributed by atoms with Gasteiger partial charge in [-0.1, -0.05) is 30.7 Å². The van der Waals surface area contributed by atoms with E-state index in [0.29, 0.717) is 10.9 Å². The monoisotopic (exact) mass is 422 g/mol. The van der Waals surface area contributed by atoms with Gasteiger partial charge >= 0.3 is 0 Å². The molecule has 1 saturated heterocycles. The maximum absolute atomic E-state index is 12.8. The van der Waals surface area contributed by atoms with E-state index in [9.17, 15) is 8.42 Å². The zero-order valence-corrected chi connectivity index (χ0v) is 18.1. The summed E-state index contributed by atoms with van der Waals surface area (Å²) >= 11 is 5.98. The number of halogens is 1. The van der Waals surface area contributed by atoms with Crippen molar-refractivity contribution in [2.24, 2.45) is 5.92 Å². The Balaban J connectivity index is 1.75. The van der Waals surface area contributed by atoms with E-state index in [1.54, 1.807) is 12.1 Å². The van der Waals surface area contributed by atoms with Gasteiger partial charge in [0.05, 0.1) is 7.11 Å². The molecule has 0 spiro atoms. The van der Waals surface area contributed by atoms with Crippen LogP contribution >= 0.6 is 11.6 Å². The number of rotatable bonds is 6. The first kappa shape index (κ1) is 21.0. The summed E-state index contributed by atoms with van der Waals surface area (Å²) in [4.78, 5) is 2.43. The predicted octanol–water partition coefficient (Wildman–Crippen LogP) is 4.62. The smallest absolute Gasteiger partial charge is 0.244 e. The number of sulfonamides is 1. The van der Waals surface area contributed by atoms with Crippen molar-refractivity contribution in [1.82, 2.24) is 4.72 Å². The molecule has 0 amide bonds. The first-order valence-electron chi connectivity index (χ1n) is 9.51. The fraction of sp³-hybridized carbons (Fsp3) is 0.429. The minimum Gasteiger partial charge on any atom is -0.495 e. The maximum atomic E-state index is 12.8. The van der Waals surface area contributed by atoms with Crippen molar-refractivity contribution >= 4 is 27.3 Å². The molecule has 0 aliphatic carbocycles. The molecule has 1 heterocycles. The molecule has 0 aromatic heterocycles. The molecule has 152 valence electrons. The summed E-state index contributed by atoms with van der Waals surface area (Å²) in [6.45, 7) is 6.24. The van der Waals surface area contributed by atoms with Gasteiger partial charge in [-0.25, -0.2) is 13.1 Å². The van der Waals surface area contributed by atoms with E-state index >= 15 is 0 Å². The molecule has 0 unspecified atom stereocenters. The Labute approximate surface area is 172 Å². The van der Waals surface area contributed by atoms with Gasteiger partial charge in [-0.05, 0) is 61.6 Å². The molecule has 1 N–H and O–H groups in total. The van der Waals surface area contributed by atoms with Crippen LogP contribution in [0.1, 0.15) is 38.3 Å². The number of methoxy groups -OCH3 is 1. The number of benzene rings is 2. The Kier molecular flexibility index (Phi) is 6.53. The molecule has 1 aliphatic rings. The number of piperidine rings is 1. The molecule has 0 radical (unpaired) electrons. The number of nitrogens with zero attached hydrogens (tertiary/aromatic N) is 1. The van der Waals surface area contributed by atoms with Gasteiger partial charge in [0.2, 0.25) is 10.0 Å². The van der Waals surface area contributed by atoms with Gasteiger partial charge in [-0.15, -0.1) is 0 Å². The second-order valence-corrected chi connectivity index (χ2v) is 9.54. The topological polar surface area (TPSA) is 58.6 Å². The van der Waals surface area contributed by atoms with Crippen LogP contribution in [0.4, 0.5) is 5.69 Å². The standard InChI is InChI=1S/C21H27ClN2O3S/c1-15-5-4-12-24(14-15)19-9-6-17(7-10-19)16(2)23-28(25,26)21-13-18(22)8-11-20(21)27-3/h6-11,13,15-16,23H,4-5,12,14H2,1-3H3/t15-,16+/m1/s1. The summed E-state index contributed by atoms with van der Waals surface area (Å²) in [5.41, 5.74) is 2.08. The van der Waals surface area contributed by atoms with E-state index < -0.39 is 10.0 Å². The van der Waals surface area contributed by atoms with Crippen LogP contribution in [0.15, 0.2) is 47.4 Å². The summed E-state index contributed by atoms with van der Waals surface area (Å²) in [6, 6.07) is 12.3. The molecular weight excluding hydrogens is 396 g/mol. The molecule has 2 aromatic rings. The fourth-order valence-electron chi connectivity index (χ4n) is 3.62.